The molecule has 4 rings (SSSR count). The van der Waals surface area contributed by atoms with E-state index in [-0.39, 0.29) is 6.04 Å². The van der Waals surface area contributed by atoms with Crippen LogP contribution in [-0.2, 0) is 19.3 Å². The second kappa shape index (κ2) is 7.71. The SMILES string of the molecule is CS(=O)(=O)c1ccc(-c2cnc(C3COCCN3C3CCOCC3)[nH]2)cc1. The van der Waals surface area contributed by atoms with E-state index in [1.807, 2.05) is 6.20 Å². The molecule has 1 atom stereocenters. The molecule has 1 aromatic carbocycles. The van der Waals surface area contributed by atoms with E-state index in [1.165, 1.54) is 6.26 Å². The first-order valence-corrected chi connectivity index (χ1v) is 11.2. The van der Waals surface area contributed by atoms with Crippen LogP contribution in [0.4, 0.5) is 0 Å². The van der Waals surface area contributed by atoms with Gasteiger partial charge in [-0.1, -0.05) is 12.1 Å². The Morgan fingerprint density at radius 3 is 2.56 bits per heavy atom. The van der Waals surface area contributed by atoms with Gasteiger partial charge in [0.1, 0.15) is 5.82 Å². The molecule has 0 saturated carbocycles. The van der Waals surface area contributed by atoms with Gasteiger partial charge in [0.2, 0.25) is 0 Å². The first kappa shape index (κ1) is 18.6. The monoisotopic (exact) mass is 391 g/mol. The molecule has 146 valence electrons. The third-order valence-corrected chi connectivity index (χ3v) is 6.46. The number of benzene rings is 1. The van der Waals surface area contributed by atoms with E-state index >= 15 is 0 Å². The number of H-pyrrole nitrogens is 1. The van der Waals surface area contributed by atoms with Crippen molar-refractivity contribution < 1.29 is 17.9 Å². The Balaban J connectivity index is 1.55. The van der Waals surface area contributed by atoms with Crippen LogP contribution in [-0.4, -0.2) is 68.6 Å². The third kappa shape index (κ3) is 4.08. The van der Waals surface area contributed by atoms with E-state index < -0.39 is 9.84 Å². The second-order valence-corrected chi connectivity index (χ2v) is 9.17. The smallest absolute Gasteiger partial charge is 0.175 e. The lowest BCUT2D eigenvalue weighted by Gasteiger charge is -2.41. The number of sulfone groups is 1. The number of hydrogen-bond donors (Lipinski definition) is 1. The minimum Gasteiger partial charge on any atom is -0.381 e. The van der Waals surface area contributed by atoms with Gasteiger partial charge in [0.25, 0.3) is 0 Å². The molecule has 0 spiro atoms. The summed E-state index contributed by atoms with van der Waals surface area (Å²) in [4.78, 5) is 10.8. The molecule has 0 aliphatic carbocycles. The fourth-order valence-electron chi connectivity index (χ4n) is 3.84. The van der Waals surface area contributed by atoms with Gasteiger partial charge < -0.3 is 14.5 Å². The predicted octanol–water partition coefficient (Wildman–Crippen LogP) is 2.03. The number of rotatable bonds is 4. The molecular weight excluding hydrogens is 366 g/mol. The Hall–Kier alpha value is -1.74. The summed E-state index contributed by atoms with van der Waals surface area (Å²) in [6.07, 6.45) is 5.10. The molecule has 0 amide bonds. The highest BCUT2D eigenvalue weighted by Gasteiger charge is 2.33. The molecule has 8 heteroatoms. The molecule has 2 aliphatic heterocycles. The number of nitrogens with one attached hydrogen (secondary N) is 1. The molecule has 1 N–H and O–H groups in total. The van der Waals surface area contributed by atoms with Crippen molar-refractivity contribution in [3.63, 3.8) is 0 Å². The first-order valence-electron chi connectivity index (χ1n) is 9.29. The van der Waals surface area contributed by atoms with Crippen LogP contribution in [0.5, 0.6) is 0 Å². The van der Waals surface area contributed by atoms with Crippen LogP contribution in [0.1, 0.15) is 24.7 Å². The molecule has 1 aromatic heterocycles. The molecule has 2 fully saturated rings. The molecule has 1 unspecified atom stereocenters. The molecule has 27 heavy (non-hydrogen) atoms. The standard InChI is InChI=1S/C19H25N3O4S/c1-27(23,24)16-4-2-14(3-5-16)17-12-20-19(21-17)18-13-26-11-8-22(18)15-6-9-25-10-7-15/h2-5,12,15,18H,6-11,13H2,1H3,(H,20,21). The van der Waals surface area contributed by atoms with E-state index in [0.29, 0.717) is 17.5 Å². The number of aromatic nitrogens is 2. The molecule has 7 nitrogen and oxygen atoms in total. The Morgan fingerprint density at radius 1 is 1.11 bits per heavy atom. The van der Waals surface area contributed by atoms with E-state index in [4.69, 9.17) is 9.47 Å². The zero-order valence-corrected chi connectivity index (χ0v) is 16.2. The fraction of sp³-hybridized carbons (Fsp3) is 0.526. The number of hydrogen-bond acceptors (Lipinski definition) is 6. The van der Waals surface area contributed by atoms with E-state index in [2.05, 4.69) is 14.9 Å². The highest BCUT2D eigenvalue weighted by molar-refractivity contribution is 7.90. The molecule has 3 heterocycles. The zero-order chi connectivity index (χ0) is 18.9. The van der Waals surface area contributed by atoms with Crippen LogP contribution >= 0.6 is 0 Å². The van der Waals surface area contributed by atoms with Crippen molar-refractivity contribution in [2.45, 2.75) is 29.8 Å². The number of ether oxygens (including phenoxy) is 2. The van der Waals surface area contributed by atoms with Gasteiger partial charge in [-0.05, 0) is 30.5 Å². The Bertz CT molecular complexity index is 873. The van der Waals surface area contributed by atoms with Gasteiger partial charge in [0.05, 0.1) is 36.0 Å². The summed E-state index contributed by atoms with van der Waals surface area (Å²) in [7, 11) is -3.19. The zero-order valence-electron chi connectivity index (χ0n) is 15.4. The van der Waals surface area contributed by atoms with Gasteiger partial charge in [-0.2, -0.15) is 0 Å². The van der Waals surface area contributed by atoms with Crippen LogP contribution in [0.3, 0.4) is 0 Å². The summed E-state index contributed by atoms with van der Waals surface area (Å²) < 4.78 is 34.5. The second-order valence-electron chi connectivity index (χ2n) is 7.15. The van der Waals surface area contributed by atoms with Crippen molar-refractivity contribution in [2.24, 2.45) is 0 Å². The lowest BCUT2D eigenvalue weighted by molar-refractivity contribution is -0.0589. The molecular formula is C19H25N3O4S. The quantitative estimate of drug-likeness (QED) is 0.859. The van der Waals surface area contributed by atoms with Crippen LogP contribution in [0.25, 0.3) is 11.3 Å². The van der Waals surface area contributed by atoms with Crippen LogP contribution in [0, 0.1) is 0 Å². The Morgan fingerprint density at radius 2 is 1.85 bits per heavy atom. The summed E-state index contributed by atoms with van der Waals surface area (Å²) in [5.41, 5.74) is 1.79. The van der Waals surface area contributed by atoms with Crippen LogP contribution in [0.15, 0.2) is 35.4 Å². The highest BCUT2D eigenvalue weighted by Crippen LogP contribution is 2.30. The maximum atomic E-state index is 11.6. The van der Waals surface area contributed by atoms with Gasteiger partial charge in [-0.3, -0.25) is 4.90 Å². The summed E-state index contributed by atoms with van der Waals surface area (Å²) in [6.45, 7) is 3.88. The summed E-state index contributed by atoms with van der Waals surface area (Å²) in [5.74, 6) is 0.892. The number of nitrogens with zero attached hydrogens (tertiary/aromatic N) is 2. The van der Waals surface area contributed by atoms with Crippen molar-refractivity contribution in [1.29, 1.82) is 0 Å². The summed E-state index contributed by atoms with van der Waals surface area (Å²) in [6, 6.07) is 7.47. The number of aromatic amines is 1. The summed E-state index contributed by atoms with van der Waals surface area (Å²) in [5, 5.41) is 0. The minimum atomic E-state index is -3.19. The van der Waals surface area contributed by atoms with Gasteiger partial charge >= 0.3 is 0 Å². The molecule has 2 saturated heterocycles. The van der Waals surface area contributed by atoms with Crippen molar-refractivity contribution in [3.8, 4) is 11.3 Å². The largest absolute Gasteiger partial charge is 0.381 e. The van der Waals surface area contributed by atoms with E-state index in [1.54, 1.807) is 24.3 Å². The lowest BCUT2D eigenvalue weighted by Crippen LogP contribution is -2.48. The topological polar surface area (TPSA) is 84.5 Å². The van der Waals surface area contributed by atoms with Gasteiger partial charge in [0, 0.05) is 32.1 Å². The fourth-order valence-corrected chi connectivity index (χ4v) is 4.47. The molecule has 2 aliphatic rings. The Labute approximate surface area is 159 Å². The third-order valence-electron chi connectivity index (χ3n) is 5.33. The van der Waals surface area contributed by atoms with E-state index in [9.17, 15) is 8.42 Å². The molecule has 0 bridgehead atoms. The first-order chi connectivity index (χ1) is 13.0. The van der Waals surface area contributed by atoms with Crippen molar-refractivity contribution in [1.82, 2.24) is 14.9 Å². The number of imidazole rings is 1. The Kier molecular flexibility index (Phi) is 5.32. The lowest BCUT2D eigenvalue weighted by atomic mass is 10.0. The van der Waals surface area contributed by atoms with Gasteiger partial charge in [0.15, 0.2) is 9.84 Å². The summed E-state index contributed by atoms with van der Waals surface area (Å²) >= 11 is 0. The van der Waals surface area contributed by atoms with Crippen molar-refractivity contribution in [3.05, 3.63) is 36.3 Å². The molecule has 2 aromatic rings. The average molecular weight is 391 g/mol. The normalized spacial score (nSPS) is 22.8. The van der Waals surface area contributed by atoms with Crippen LogP contribution in [0.2, 0.25) is 0 Å². The minimum absolute atomic E-state index is 0.103. The number of morpholine rings is 1. The van der Waals surface area contributed by atoms with Crippen molar-refractivity contribution >= 4 is 9.84 Å². The van der Waals surface area contributed by atoms with Gasteiger partial charge in [-0.15, -0.1) is 0 Å². The van der Waals surface area contributed by atoms with Crippen LogP contribution < -0.4 is 0 Å². The van der Waals surface area contributed by atoms with Gasteiger partial charge in [-0.25, -0.2) is 13.4 Å². The average Bonchev–Trinajstić information content (AvgIpc) is 3.18. The highest BCUT2D eigenvalue weighted by atomic mass is 32.2. The molecule has 0 radical (unpaired) electrons. The van der Waals surface area contributed by atoms with Crippen molar-refractivity contribution in [2.75, 3.05) is 39.2 Å². The predicted molar refractivity (Wildman–Crippen MR) is 101 cm³/mol. The maximum absolute atomic E-state index is 11.6. The maximum Gasteiger partial charge on any atom is 0.175 e. The van der Waals surface area contributed by atoms with E-state index in [0.717, 1.165) is 56.3 Å².